The lowest BCUT2D eigenvalue weighted by Crippen LogP contribution is -2.35. The highest BCUT2D eigenvalue weighted by Crippen LogP contribution is 2.38. The molecule has 0 bridgehead atoms. The number of carbonyl (C=O) groups excluding carboxylic acids is 1. The van der Waals surface area contributed by atoms with Crippen LogP contribution in [0, 0.1) is 5.82 Å². The fourth-order valence-electron chi connectivity index (χ4n) is 3.22. The second kappa shape index (κ2) is 11.3. The van der Waals surface area contributed by atoms with Crippen LogP contribution in [0.5, 0.6) is 11.5 Å². The monoisotopic (exact) mass is 560 g/mol. The number of aromatic nitrogens is 1. The van der Waals surface area contributed by atoms with Gasteiger partial charge in [0, 0.05) is 31.1 Å². The van der Waals surface area contributed by atoms with E-state index in [2.05, 4.69) is 15.6 Å². The fourth-order valence-corrected chi connectivity index (χ4v) is 5.95. The SMILES string of the molecule is CON(C)S(=O)(=O)c1cc2nccc(Oc3ccc(NC(=S)NC(=O)Cc4ccccc4)cc3F)c2s1. The Morgan fingerprint density at radius 2 is 1.89 bits per heavy atom. The first kappa shape index (κ1) is 26.6. The number of amides is 1. The Bertz CT molecular complexity index is 1560. The predicted octanol–water partition coefficient (Wildman–Crippen LogP) is 4.47. The lowest BCUT2D eigenvalue weighted by atomic mass is 10.1. The molecule has 4 rings (SSSR count). The van der Waals surface area contributed by atoms with Gasteiger partial charge in [-0.3, -0.25) is 14.6 Å². The van der Waals surface area contributed by atoms with Crippen molar-refractivity contribution in [3.05, 3.63) is 78.2 Å². The number of nitrogens with one attached hydrogen (secondary N) is 2. The Kier molecular flexibility index (Phi) is 8.10. The molecule has 2 heterocycles. The molecule has 0 spiro atoms. The Morgan fingerprint density at radius 1 is 1.14 bits per heavy atom. The van der Waals surface area contributed by atoms with Crippen LogP contribution in [0.1, 0.15) is 5.56 Å². The minimum atomic E-state index is -3.88. The van der Waals surface area contributed by atoms with E-state index in [0.717, 1.165) is 21.4 Å². The number of sulfonamides is 1. The molecule has 2 aromatic carbocycles. The van der Waals surface area contributed by atoms with Crippen molar-refractivity contribution in [2.24, 2.45) is 0 Å². The van der Waals surface area contributed by atoms with E-state index in [1.807, 2.05) is 30.3 Å². The highest BCUT2D eigenvalue weighted by molar-refractivity contribution is 7.91. The Morgan fingerprint density at radius 3 is 2.59 bits per heavy atom. The molecule has 0 aliphatic heterocycles. The molecule has 0 unspecified atom stereocenters. The second-order valence-electron chi connectivity index (χ2n) is 7.60. The number of anilines is 1. The van der Waals surface area contributed by atoms with E-state index in [-0.39, 0.29) is 33.1 Å². The van der Waals surface area contributed by atoms with Crippen molar-refractivity contribution < 1.29 is 27.2 Å². The lowest BCUT2D eigenvalue weighted by molar-refractivity contribution is -0.119. The maximum atomic E-state index is 14.9. The summed E-state index contributed by atoms with van der Waals surface area (Å²) in [5.41, 5.74) is 1.52. The van der Waals surface area contributed by atoms with E-state index in [9.17, 15) is 17.6 Å². The minimum Gasteiger partial charge on any atom is -0.453 e. The molecule has 0 atom stereocenters. The quantitative estimate of drug-likeness (QED) is 0.240. The van der Waals surface area contributed by atoms with E-state index < -0.39 is 15.8 Å². The maximum Gasteiger partial charge on any atom is 0.274 e. The topological polar surface area (TPSA) is 110 Å². The van der Waals surface area contributed by atoms with Gasteiger partial charge in [-0.2, -0.15) is 0 Å². The number of pyridine rings is 1. The number of benzene rings is 2. The number of ether oxygens (including phenoxy) is 1. The molecule has 0 saturated heterocycles. The molecule has 192 valence electrons. The Labute approximate surface area is 221 Å². The van der Waals surface area contributed by atoms with E-state index in [4.69, 9.17) is 21.8 Å². The fraction of sp³-hybridized carbons (Fsp3) is 0.125. The van der Waals surface area contributed by atoms with Gasteiger partial charge in [-0.15, -0.1) is 11.3 Å². The number of rotatable bonds is 8. The summed E-state index contributed by atoms with van der Waals surface area (Å²) in [5.74, 6) is -0.861. The molecule has 1 amide bonds. The van der Waals surface area contributed by atoms with E-state index in [0.29, 0.717) is 15.9 Å². The van der Waals surface area contributed by atoms with Gasteiger partial charge in [0.2, 0.25) is 5.91 Å². The van der Waals surface area contributed by atoms with Gasteiger partial charge in [-0.05, 0) is 36.0 Å². The third-order valence-corrected chi connectivity index (χ3v) is 8.54. The third kappa shape index (κ3) is 6.26. The number of nitrogens with zero attached hydrogens (tertiary/aromatic N) is 2. The van der Waals surface area contributed by atoms with Gasteiger partial charge >= 0.3 is 0 Å². The Hall–Kier alpha value is -3.49. The highest BCUT2D eigenvalue weighted by atomic mass is 32.2. The largest absolute Gasteiger partial charge is 0.453 e. The average Bonchev–Trinajstić information content (AvgIpc) is 3.32. The van der Waals surface area contributed by atoms with Crippen LogP contribution in [0.3, 0.4) is 0 Å². The van der Waals surface area contributed by atoms with Crippen molar-refractivity contribution in [3.63, 3.8) is 0 Å². The van der Waals surface area contributed by atoms with Gasteiger partial charge in [0.25, 0.3) is 10.0 Å². The number of halogens is 1. The molecule has 0 radical (unpaired) electrons. The summed E-state index contributed by atoms with van der Waals surface area (Å²) in [4.78, 5) is 21.2. The molecule has 9 nitrogen and oxygen atoms in total. The van der Waals surface area contributed by atoms with Gasteiger partial charge in [0.05, 0.1) is 23.7 Å². The number of hydrogen-bond acceptors (Lipinski definition) is 8. The van der Waals surface area contributed by atoms with E-state index in [1.165, 1.54) is 50.7 Å². The van der Waals surface area contributed by atoms with Crippen LogP contribution < -0.4 is 15.4 Å². The first-order chi connectivity index (χ1) is 17.7. The van der Waals surface area contributed by atoms with Crippen molar-refractivity contribution in [3.8, 4) is 11.5 Å². The van der Waals surface area contributed by atoms with Crippen molar-refractivity contribution in [2.75, 3.05) is 19.5 Å². The molecule has 13 heteroatoms. The van der Waals surface area contributed by atoms with Gasteiger partial charge in [-0.1, -0.05) is 34.8 Å². The zero-order valence-electron chi connectivity index (χ0n) is 19.6. The summed E-state index contributed by atoms with van der Waals surface area (Å²) in [6.07, 6.45) is 1.59. The molecular weight excluding hydrogens is 539 g/mol. The summed E-state index contributed by atoms with van der Waals surface area (Å²) < 4.78 is 46.9. The molecule has 37 heavy (non-hydrogen) atoms. The predicted molar refractivity (Wildman–Crippen MR) is 143 cm³/mol. The summed E-state index contributed by atoms with van der Waals surface area (Å²) in [6, 6.07) is 16.2. The van der Waals surface area contributed by atoms with Crippen LogP contribution in [0.2, 0.25) is 0 Å². The zero-order valence-corrected chi connectivity index (χ0v) is 22.0. The van der Waals surface area contributed by atoms with Gasteiger partial charge < -0.3 is 15.4 Å². The summed E-state index contributed by atoms with van der Waals surface area (Å²) in [7, 11) is -1.37. The van der Waals surface area contributed by atoms with Crippen LogP contribution in [0.25, 0.3) is 10.2 Å². The lowest BCUT2D eigenvalue weighted by Gasteiger charge is -2.12. The number of thiophene rings is 1. The number of fused-ring (bicyclic) bond motifs is 1. The maximum absolute atomic E-state index is 14.9. The molecule has 0 saturated carbocycles. The minimum absolute atomic E-state index is 0.00163. The average molecular weight is 561 g/mol. The van der Waals surface area contributed by atoms with Gasteiger partial charge in [0.15, 0.2) is 16.7 Å². The summed E-state index contributed by atoms with van der Waals surface area (Å²) in [6.45, 7) is 0. The van der Waals surface area contributed by atoms with Crippen molar-refractivity contribution in [1.29, 1.82) is 0 Å². The smallest absolute Gasteiger partial charge is 0.274 e. The Balaban J connectivity index is 1.46. The van der Waals surface area contributed by atoms with Crippen LogP contribution in [-0.2, 0) is 26.1 Å². The second-order valence-corrected chi connectivity index (χ2v) is 11.2. The van der Waals surface area contributed by atoms with Crippen LogP contribution in [0.15, 0.2) is 71.1 Å². The first-order valence-corrected chi connectivity index (χ1v) is 13.4. The van der Waals surface area contributed by atoms with Crippen LogP contribution in [-0.4, -0.2) is 43.0 Å². The van der Waals surface area contributed by atoms with E-state index >= 15 is 0 Å². The highest BCUT2D eigenvalue weighted by Gasteiger charge is 2.25. The number of carbonyl (C=O) groups is 1. The summed E-state index contributed by atoms with van der Waals surface area (Å²) in [5, 5.41) is 5.35. The van der Waals surface area contributed by atoms with Gasteiger partial charge in [-0.25, -0.2) is 12.8 Å². The molecule has 4 aromatic rings. The number of hydrogen-bond donors (Lipinski definition) is 2. The van der Waals surface area contributed by atoms with Crippen molar-refractivity contribution >= 4 is 60.5 Å². The standard InChI is InChI=1S/C24H21FN4O5S3/c1-29(33-2)37(31,32)22-14-18-23(36-22)20(10-11-26-18)34-19-9-8-16(13-17(19)25)27-24(35)28-21(30)12-15-6-4-3-5-7-15/h3-11,13-14H,12H2,1-2H3,(H2,27,28,30,35). The molecule has 2 N–H and O–H groups in total. The molecule has 2 aromatic heterocycles. The normalized spacial score (nSPS) is 11.5. The zero-order chi connectivity index (χ0) is 26.6. The molecule has 0 aliphatic carbocycles. The van der Waals surface area contributed by atoms with Crippen LogP contribution in [0.4, 0.5) is 10.1 Å². The van der Waals surface area contributed by atoms with Crippen molar-refractivity contribution in [1.82, 2.24) is 14.8 Å². The summed E-state index contributed by atoms with van der Waals surface area (Å²) >= 11 is 6.09. The molecule has 0 aliphatic rings. The molecule has 0 fully saturated rings. The van der Waals surface area contributed by atoms with Gasteiger partial charge in [0.1, 0.15) is 9.96 Å². The van der Waals surface area contributed by atoms with Crippen molar-refractivity contribution in [2.45, 2.75) is 10.6 Å². The first-order valence-electron chi connectivity index (χ1n) is 10.7. The van der Waals surface area contributed by atoms with Crippen LogP contribution >= 0.6 is 23.6 Å². The third-order valence-electron chi connectivity index (χ3n) is 5.07. The number of hydroxylamine groups is 1. The van der Waals surface area contributed by atoms with E-state index in [1.54, 1.807) is 0 Å². The molecular formula is C24H21FN4O5S3. The number of thiocarbonyl (C=S) groups is 1.